The van der Waals surface area contributed by atoms with Crippen molar-refractivity contribution < 1.29 is 9.53 Å². The van der Waals surface area contributed by atoms with Gasteiger partial charge in [0.25, 0.3) is 0 Å². The van der Waals surface area contributed by atoms with Gasteiger partial charge in [-0.05, 0) is 18.6 Å². The molecule has 0 unspecified atom stereocenters. The summed E-state index contributed by atoms with van der Waals surface area (Å²) in [4.78, 5) is 18.9. The van der Waals surface area contributed by atoms with Crippen LogP contribution in [0.25, 0.3) is 6.08 Å². The molecule has 0 aliphatic rings. The minimum Gasteiger partial charge on any atom is -0.463 e. The molecule has 80 valence electrons. The van der Waals surface area contributed by atoms with Crippen molar-refractivity contribution in [3.05, 3.63) is 30.4 Å². The predicted octanol–water partition coefficient (Wildman–Crippen LogP) is 1.83. The van der Waals surface area contributed by atoms with Gasteiger partial charge in [0.15, 0.2) is 0 Å². The van der Waals surface area contributed by atoms with E-state index < -0.39 is 0 Å². The summed E-state index contributed by atoms with van der Waals surface area (Å²) in [7, 11) is 0. The second-order valence-electron chi connectivity index (χ2n) is 2.99. The lowest BCUT2D eigenvalue weighted by Crippen LogP contribution is -2.01. The number of esters is 1. The number of carbonyl (C=O) groups is 1. The van der Waals surface area contributed by atoms with Gasteiger partial charge in [-0.15, -0.1) is 0 Å². The molecule has 4 heteroatoms. The molecule has 0 N–H and O–H groups in total. The van der Waals surface area contributed by atoms with Gasteiger partial charge in [0.2, 0.25) is 0 Å². The monoisotopic (exact) mass is 206 g/mol. The summed E-state index contributed by atoms with van der Waals surface area (Å²) in [5, 5.41) is 0. The van der Waals surface area contributed by atoms with Crippen LogP contribution in [0.3, 0.4) is 0 Å². The van der Waals surface area contributed by atoms with Crippen LogP contribution >= 0.6 is 0 Å². The van der Waals surface area contributed by atoms with E-state index in [1.54, 1.807) is 18.3 Å². The maximum absolute atomic E-state index is 11.1. The van der Waals surface area contributed by atoms with Crippen molar-refractivity contribution in [2.24, 2.45) is 0 Å². The van der Waals surface area contributed by atoms with Gasteiger partial charge in [0.1, 0.15) is 6.33 Å². The molecule has 0 aliphatic heterocycles. The minimum atomic E-state index is -0.331. The van der Waals surface area contributed by atoms with Gasteiger partial charge in [-0.25, -0.2) is 14.8 Å². The molecule has 0 aliphatic carbocycles. The van der Waals surface area contributed by atoms with E-state index >= 15 is 0 Å². The number of nitrogens with zero attached hydrogens (tertiary/aromatic N) is 2. The number of hydrogen-bond donors (Lipinski definition) is 0. The molecule has 0 saturated carbocycles. The predicted molar refractivity (Wildman–Crippen MR) is 56.9 cm³/mol. The fourth-order valence-corrected chi connectivity index (χ4v) is 0.918. The molecule has 1 rings (SSSR count). The van der Waals surface area contributed by atoms with Crippen molar-refractivity contribution in [3.63, 3.8) is 0 Å². The summed E-state index contributed by atoms with van der Waals surface area (Å²) in [6, 6.07) is 1.72. The highest BCUT2D eigenvalue weighted by atomic mass is 16.5. The van der Waals surface area contributed by atoms with Crippen LogP contribution in [0, 0.1) is 0 Å². The zero-order chi connectivity index (χ0) is 10.9. The number of carbonyl (C=O) groups excluding carboxylic acids is 1. The van der Waals surface area contributed by atoms with E-state index in [0.29, 0.717) is 12.3 Å². The lowest BCUT2D eigenvalue weighted by Gasteiger charge is -1.98. The molecular formula is C11H14N2O2. The molecule has 1 aromatic heterocycles. The van der Waals surface area contributed by atoms with Crippen molar-refractivity contribution in [2.45, 2.75) is 19.8 Å². The van der Waals surface area contributed by atoms with Crippen molar-refractivity contribution >= 4 is 12.0 Å². The van der Waals surface area contributed by atoms with Crippen molar-refractivity contribution in [2.75, 3.05) is 6.61 Å². The van der Waals surface area contributed by atoms with Crippen LogP contribution in [0.5, 0.6) is 0 Å². The second kappa shape index (κ2) is 6.70. The van der Waals surface area contributed by atoms with E-state index in [9.17, 15) is 4.79 Å². The third-order valence-corrected chi connectivity index (χ3v) is 1.74. The van der Waals surface area contributed by atoms with Crippen LogP contribution < -0.4 is 0 Å². The Balaban J connectivity index is 2.34. The summed E-state index contributed by atoms with van der Waals surface area (Å²) in [6.45, 7) is 2.52. The summed E-state index contributed by atoms with van der Waals surface area (Å²) in [6.07, 6.45) is 7.95. The Morgan fingerprint density at radius 1 is 1.60 bits per heavy atom. The van der Waals surface area contributed by atoms with Crippen LogP contribution in [-0.2, 0) is 9.53 Å². The van der Waals surface area contributed by atoms with Gasteiger partial charge < -0.3 is 4.74 Å². The number of unbranched alkanes of at least 4 members (excludes halogenated alkanes) is 1. The Morgan fingerprint density at radius 3 is 3.13 bits per heavy atom. The molecule has 1 aromatic rings. The molecular weight excluding hydrogens is 192 g/mol. The van der Waals surface area contributed by atoms with Gasteiger partial charge in [-0.1, -0.05) is 13.3 Å². The Morgan fingerprint density at radius 2 is 2.47 bits per heavy atom. The number of rotatable bonds is 5. The third-order valence-electron chi connectivity index (χ3n) is 1.74. The van der Waals surface area contributed by atoms with Gasteiger partial charge in [0, 0.05) is 12.3 Å². The first kappa shape index (κ1) is 11.4. The standard InChI is InChI=1S/C11H14N2O2/c1-2-3-8-15-11(14)5-4-10-6-7-12-9-13-10/h4-7,9H,2-3,8H2,1H3/b5-4+. The molecule has 0 spiro atoms. The minimum absolute atomic E-state index is 0.331. The van der Waals surface area contributed by atoms with Crippen LogP contribution in [0.15, 0.2) is 24.7 Å². The van der Waals surface area contributed by atoms with Crippen molar-refractivity contribution in [1.82, 2.24) is 9.97 Å². The maximum atomic E-state index is 11.1. The van der Waals surface area contributed by atoms with Gasteiger partial charge in [0.05, 0.1) is 12.3 Å². The summed E-state index contributed by atoms with van der Waals surface area (Å²) >= 11 is 0. The average Bonchev–Trinajstić information content (AvgIpc) is 2.28. The first-order valence-electron chi connectivity index (χ1n) is 4.93. The fourth-order valence-electron chi connectivity index (χ4n) is 0.918. The van der Waals surface area contributed by atoms with Crippen molar-refractivity contribution in [1.29, 1.82) is 0 Å². The van der Waals surface area contributed by atoms with E-state index in [0.717, 1.165) is 12.8 Å². The van der Waals surface area contributed by atoms with E-state index in [4.69, 9.17) is 4.74 Å². The van der Waals surface area contributed by atoms with Gasteiger partial charge >= 0.3 is 5.97 Å². The summed E-state index contributed by atoms with van der Waals surface area (Å²) in [5.74, 6) is -0.331. The average molecular weight is 206 g/mol. The third kappa shape index (κ3) is 4.90. The molecule has 0 saturated heterocycles. The highest BCUT2D eigenvalue weighted by Crippen LogP contribution is 1.96. The van der Waals surface area contributed by atoms with E-state index in [2.05, 4.69) is 9.97 Å². The molecule has 15 heavy (non-hydrogen) atoms. The lowest BCUT2D eigenvalue weighted by molar-refractivity contribution is -0.137. The Kier molecular flexibility index (Phi) is 5.08. The topological polar surface area (TPSA) is 52.1 Å². The normalized spacial score (nSPS) is 10.5. The molecule has 1 heterocycles. The van der Waals surface area contributed by atoms with Crippen LogP contribution in [0.1, 0.15) is 25.5 Å². The maximum Gasteiger partial charge on any atom is 0.330 e. The van der Waals surface area contributed by atoms with Gasteiger partial charge in [-0.2, -0.15) is 0 Å². The Labute approximate surface area is 89.0 Å². The largest absolute Gasteiger partial charge is 0.463 e. The molecule has 0 atom stereocenters. The lowest BCUT2D eigenvalue weighted by atomic mass is 10.3. The smallest absolute Gasteiger partial charge is 0.330 e. The van der Waals surface area contributed by atoms with E-state index in [1.807, 2.05) is 6.92 Å². The molecule has 0 radical (unpaired) electrons. The number of ether oxygens (including phenoxy) is 1. The first-order chi connectivity index (χ1) is 7.33. The van der Waals surface area contributed by atoms with Gasteiger partial charge in [-0.3, -0.25) is 0 Å². The van der Waals surface area contributed by atoms with Crippen molar-refractivity contribution in [3.8, 4) is 0 Å². The van der Waals surface area contributed by atoms with Crippen LogP contribution in [0.4, 0.5) is 0 Å². The highest BCUT2D eigenvalue weighted by Gasteiger charge is 1.95. The SMILES string of the molecule is CCCCOC(=O)/C=C/c1ccncn1. The molecule has 0 bridgehead atoms. The quantitative estimate of drug-likeness (QED) is 0.419. The number of hydrogen-bond acceptors (Lipinski definition) is 4. The van der Waals surface area contributed by atoms with E-state index in [-0.39, 0.29) is 5.97 Å². The fraction of sp³-hybridized carbons (Fsp3) is 0.364. The Hall–Kier alpha value is -1.71. The first-order valence-corrected chi connectivity index (χ1v) is 4.93. The van der Waals surface area contributed by atoms with E-state index in [1.165, 1.54) is 12.4 Å². The highest BCUT2D eigenvalue weighted by molar-refractivity contribution is 5.86. The molecule has 4 nitrogen and oxygen atoms in total. The summed E-state index contributed by atoms with van der Waals surface area (Å²) in [5.41, 5.74) is 0.692. The van der Waals surface area contributed by atoms with Crippen LogP contribution in [0.2, 0.25) is 0 Å². The number of aromatic nitrogens is 2. The molecule has 0 aromatic carbocycles. The zero-order valence-corrected chi connectivity index (χ0v) is 8.72. The second-order valence-corrected chi connectivity index (χ2v) is 2.99. The Bertz CT molecular complexity index is 323. The zero-order valence-electron chi connectivity index (χ0n) is 8.72. The van der Waals surface area contributed by atoms with Crippen LogP contribution in [-0.4, -0.2) is 22.5 Å². The molecule has 0 fully saturated rings. The summed E-state index contributed by atoms with van der Waals surface area (Å²) < 4.78 is 4.94. The molecule has 0 amide bonds.